The van der Waals surface area contributed by atoms with Gasteiger partial charge in [-0.15, -0.1) is 0 Å². The third-order valence-electron chi connectivity index (χ3n) is 3.25. The van der Waals surface area contributed by atoms with Gasteiger partial charge in [-0.05, 0) is 25.1 Å². The molecule has 1 atom stereocenters. The maximum absolute atomic E-state index is 12.9. The highest BCUT2D eigenvalue weighted by molar-refractivity contribution is 14.1. The molecule has 27 heavy (non-hydrogen) atoms. The molecule has 2 N–H and O–H groups in total. The van der Waals surface area contributed by atoms with Crippen molar-refractivity contribution in [1.82, 2.24) is 15.3 Å². The van der Waals surface area contributed by atoms with Crippen molar-refractivity contribution in [2.75, 3.05) is 11.9 Å². The van der Waals surface area contributed by atoms with Gasteiger partial charge in [0.25, 0.3) is 5.91 Å². The summed E-state index contributed by atoms with van der Waals surface area (Å²) < 4.78 is 27.7. The molecule has 0 spiro atoms. The fraction of sp³-hybridized carbons (Fsp3) is 0.294. The van der Waals surface area contributed by atoms with Crippen molar-refractivity contribution in [3.8, 4) is 5.88 Å². The highest BCUT2D eigenvalue weighted by atomic mass is 127. The van der Waals surface area contributed by atoms with E-state index in [0.717, 1.165) is 22.6 Å². The number of nitrogens with zero attached hydrogens (tertiary/aromatic N) is 2. The van der Waals surface area contributed by atoms with Crippen molar-refractivity contribution < 1.29 is 23.1 Å². The number of pyridine rings is 2. The Morgan fingerprint density at radius 3 is 2.74 bits per heavy atom. The van der Waals surface area contributed by atoms with E-state index in [9.17, 15) is 18.4 Å². The number of ether oxygens (including phenoxy) is 1. The Morgan fingerprint density at radius 1 is 1.33 bits per heavy atom. The number of amides is 2. The second kappa shape index (κ2) is 9.02. The lowest BCUT2D eigenvalue weighted by atomic mass is 10.2. The van der Waals surface area contributed by atoms with Gasteiger partial charge in [0.05, 0.1) is 11.7 Å². The van der Waals surface area contributed by atoms with E-state index in [4.69, 9.17) is 4.74 Å². The molecular formula is C17H17F2IN4O3. The van der Waals surface area contributed by atoms with Crippen molar-refractivity contribution in [3.05, 3.63) is 47.8 Å². The van der Waals surface area contributed by atoms with E-state index in [1.807, 2.05) is 0 Å². The van der Waals surface area contributed by atoms with E-state index >= 15 is 0 Å². The third-order valence-corrected chi connectivity index (χ3v) is 3.56. The van der Waals surface area contributed by atoms with Gasteiger partial charge in [-0.2, -0.15) is 8.78 Å². The average molecular weight is 490 g/mol. The Kier molecular flexibility index (Phi) is 6.99. The van der Waals surface area contributed by atoms with Gasteiger partial charge in [-0.1, -0.05) is 6.07 Å². The number of anilines is 1. The van der Waals surface area contributed by atoms with Gasteiger partial charge < -0.3 is 15.4 Å². The van der Waals surface area contributed by atoms with Gasteiger partial charge in [0.15, 0.2) is 6.61 Å². The first-order valence-corrected chi connectivity index (χ1v) is 8.93. The Balaban J connectivity index is 2.05. The molecule has 0 aliphatic carbocycles. The van der Waals surface area contributed by atoms with Gasteiger partial charge in [0.2, 0.25) is 11.8 Å². The van der Waals surface area contributed by atoms with Crippen LogP contribution < -0.4 is 15.4 Å². The molecule has 10 heteroatoms. The zero-order chi connectivity index (χ0) is 20.0. The standard InChI is InChI=1S/C17H17F2IN4O3/c1-10(13-4-3-5-15(24-13)27-9-17(18,19)20)22-16(26)12-6-7-21-14(8-12)23-11(2)25/h3-8,10H,9H2,1-2H3,(H,22,26)(H,21,23,25). The van der Waals surface area contributed by atoms with Crippen molar-refractivity contribution in [2.24, 2.45) is 0 Å². The van der Waals surface area contributed by atoms with Crippen LogP contribution in [0.3, 0.4) is 0 Å². The van der Waals surface area contributed by atoms with Crippen LogP contribution in [0.15, 0.2) is 36.5 Å². The van der Waals surface area contributed by atoms with Crippen molar-refractivity contribution in [2.45, 2.75) is 23.8 Å². The lowest BCUT2D eigenvalue weighted by Gasteiger charge is -2.15. The Hall–Kier alpha value is -2.37. The number of nitrogens with one attached hydrogen (secondary N) is 2. The predicted molar refractivity (Wildman–Crippen MR) is 103 cm³/mol. The molecule has 2 aromatic heterocycles. The molecule has 0 fully saturated rings. The highest BCUT2D eigenvalue weighted by Crippen LogP contribution is 2.24. The lowest BCUT2D eigenvalue weighted by molar-refractivity contribution is -0.114. The van der Waals surface area contributed by atoms with Gasteiger partial charge in [0.1, 0.15) is 5.82 Å². The van der Waals surface area contributed by atoms with E-state index in [1.165, 1.54) is 31.3 Å². The van der Waals surface area contributed by atoms with E-state index in [1.54, 1.807) is 19.1 Å². The zero-order valence-corrected chi connectivity index (χ0v) is 16.7. The van der Waals surface area contributed by atoms with Gasteiger partial charge in [0, 0.05) is 47.3 Å². The normalized spacial score (nSPS) is 12.2. The molecule has 1 unspecified atom stereocenters. The Bertz CT molecular complexity index is 830. The minimum absolute atomic E-state index is 0.0433. The molecule has 0 aliphatic heterocycles. The molecule has 2 heterocycles. The molecule has 0 saturated carbocycles. The average Bonchev–Trinajstić information content (AvgIpc) is 2.59. The van der Waals surface area contributed by atoms with Crippen LogP contribution in [-0.2, 0) is 4.79 Å². The lowest BCUT2D eigenvalue weighted by Crippen LogP contribution is -2.27. The first-order chi connectivity index (χ1) is 12.6. The Labute approximate surface area is 168 Å². The summed E-state index contributed by atoms with van der Waals surface area (Å²) in [5.41, 5.74) is 0.756. The minimum Gasteiger partial charge on any atom is -0.470 e. The monoisotopic (exact) mass is 490 g/mol. The maximum Gasteiger partial charge on any atom is 0.329 e. The molecule has 0 aromatic carbocycles. The van der Waals surface area contributed by atoms with Crippen LogP contribution in [0.25, 0.3) is 0 Å². The molecular weight excluding hydrogens is 473 g/mol. The van der Waals surface area contributed by atoms with Crippen LogP contribution in [-0.4, -0.2) is 32.3 Å². The fourth-order valence-electron chi connectivity index (χ4n) is 2.08. The summed E-state index contributed by atoms with van der Waals surface area (Å²) in [6.07, 6.45) is 1.40. The van der Waals surface area contributed by atoms with Gasteiger partial charge >= 0.3 is 3.93 Å². The number of rotatable bonds is 7. The van der Waals surface area contributed by atoms with Crippen LogP contribution in [0.4, 0.5) is 14.6 Å². The highest BCUT2D eigenvalue weighted by Gasteiger charge is 2.25. The number of halogens is 3. The van der Waals surface area contributed by atoms with Crippen molar-refractivity contribution >= 4 is 40.2 Å². The summed E-state index contributed by atoms with van der Waals surface area (Å²) in [5, 5.41) is 5.24. The summed E-state index contributed by atoms with van der Waals surface area (Å²) in [7, 11) is 0. The van der Waals surface area contributed by atoms with E-state index in [0.29, 0.717) is 11.3 Å². The van der Waals surface area contributed by atoms with Crippen LogP contribution in [0, 0.1) is 0 Å². The summed E-state index contributed by atoms with van der Waals surface area (Å²) in [4.78, 5) is 31.6. The first-order valence-electron chi connectivity index (χ1n) is 7.85. The van der Waals surface area contributed by atoms with Crippen molar-refractivity contribution in [3.63, 3.8) is 0 Å². The Morgan fingerprint density at radius 2 is 2.07 bits per heavy atom. The summed E-state index contributed by atoms with van der Waals surface area (Å²) in [5.74, 6) is -0.396. The van der Waals surface area contributed by atoms with Crippen molar-refractivity contribution in [1.29, 1.82) is 0 Å². The zero-order valence-electron chi connectivity index (χ0n) is 14.5. The second-order valence-corrected chi connectivity index (χ2v) is 7.19. The van der Waals surface area contributed by atoms with E-state index in [2.05, 4.69) is 20.6 Å². The van der Waals surface area contributed by atoms with Crippen LogP contribution in [0.2, 0.25) is 0 Å². The third kappa shape index (κ3) is 7.04. The largest absolute Gasteiger partial charge is 0.470 e. The predicted octanol–water partition coefficient (Wildman–Crippen LogP) is 3.33. The summed E-state index contributed by atoms with van der Waals surface area (Å²) in [6.45, 7) is 2.24. The first kappa shape index (κ1) is 20.9. The van der Waals surface area contributed by atoms with Gasteiger partial charge in [-0.25, -0.2) is 9.97 Å². The molecule has 0 aliphatic rings. The molecule has 7 nitrogen and oxygen atoms in total. The fourth-order valence-corrected chi connectivity index (χ4v) is 2.24. The summed E-state index contributed by atoms with van der Waals surface area (Å²) in [6, 6.07) is 7.16. The van der Waals surface area contributed by atoms with Crippen LogP contribution >= 0.6 is 22.6 Å². The topological polar surface area (TPSA) is 93.2 Å². The minimum atomic E-state index is -3.00. The second-order valence-electron chi connectivity index (χ2n) is 5.61. The molecule has 144 valence electrons. The van der Waals surface area contributed by atoms with E-state index in [-0.39, 0.29) is 17.6 Å². The number of carbonyl (C=O) groups excluding carboxylic acids is 2. The van der Waals surface area contributed by atoms with Crippen LogP contribution in [0.1, 0.15) is 35.9 Å². The number of carbonyl (C=O) groups is 2. The van der Waals surface area contributed by atoms with Gasteiger partial charge in [-0.3, -0.25) is 9.59 Å². The number of hydrogen-bond donors (Lipinski definition) is 2. The molecule has 2 rings (SSSR count). The number of aromatic nitrogens is 2. The summed E-state index contributed by atoms with van der Waals surface area (Å²) >= 11 is 0.983. The quantitative estimate of drug-likeness (QED) is 0.459. The molecule has 0 bridgehead atoms. The number of hydrogen-bond acceptors (Lipinski definition) is 5. The van der Waals surface area contributed by atoms with Crippen LogP contribution in [0.5, 0.6) is 5.88 Å². The molecule has 2 aromatic rings. The molecule has 0 saturated heterocycles. The SMILES string of the molecule is CC(=O)Nc1cc(C(=O)NC(C)c2cccc(OCC(F)(F)I)n2)ccn1. The van der Waals surface area contributed by atoms with E-state index < -0.39 is 22.5 Å². The smallest absolute Gasteiger partial charge is 0.329 e. The maximum atomic E-state index is 12.9. The molecule has 0 radical (unpaired) electrons. The molecule has 2 amide bonds. The number of alkyl halides is 3.